The Hall–Kier alpha value is -3.51. The number of nitrogens with zero attached hydrogens (tertiary/aromatic N) is 1. The zero-order valence-electron chi connectivity index (χ0n) is 28.4. The summed E-state index contributed by atoms with van der Waals surface area (Å²) in [6, 6.07) is 0. The number of hydrogen-bond acceptors (Lipinski definition) is 5. The molecule has 0 aliphatic carbocycles. The molecule has 0 aromatic rings. The van der Waals surface area contributed by atoms with Crippen LogP contribution in [-0.2, 0) is 19.4 Å². The Morgan fingerprint density at radius 2 is 0.629 bits per heavy atom. The Labute approximate surface area is 321 Å². The van der Waals surface area contributed by atoms with Crippen LogP contribution in [0.2, 0.25) is 0 Å². The van der Waals surface area contributed by atoms with Gasteiger partial charge in [0.2, 0.25) is 0 Å². The number of halogens is 30. The second kappa shape index (κ2) is 16.8. The minimum Gasteiger partial charge on any atom is -0.349 e. The van der Waals surface area contributed by atoms with Gasteiger partial charge < -0.3 is 10.6 Å². The topological polar surface area (TPSA) is 95.6 Å². The number of alkyl halides is 30. The Balaban J connectivity index is 6.45. The summed E-state index contributed by atoms with van der Waals surface area (Å²) in [5.41, 5.74) is 0. The van der Waals surface area contributed by atoms with Crippen molar-refractivity contribution in [2.45, 2.75) is 83.4 Å². The number of nitrogens with one attached hydrogen (secondary N) is 2. The number of sulfone groups is 1. The van der Waals surface area contributed by atoms with Gasteiger partial charge in [-0.05, 0) is 0 Å². The van der Waals surface area contributed by atoms with Gasteiger partial charge >= 0.3 is 83.4 Å². The molecule has 0 aliphatic heterocycles. The zero-order valence-corrected chi connectivity index (χ0v) is 29.2. The monoisotopic (exact) mass is 1010 g/mol. The molecule has 7 nitrogen and oxygen atoms in total. The molecule has 0 bridgehead atoms. The molecular formula is C24H17F30N3O4S. The van der Waals surface area contributed by atoms with Crippen LogP contribution in [0.4, 0.5) is 132 Å². The minimum atomic E-state index is -8.84. The molecule has 0 fully saturated rings. The maximum absolute atomic E-state index is 14.1. The van der Waals surface area contributed by atoms with Gasteiger partial charge in [0.1, 0.15) is 0 Å². The minimum absolute atomic E-state index is 0.0409. The smallest absolute Gasteiger partial charge is 0.349 e. The van der Waals surface area contributed by atoms with Gasteiger partial charge in [0, 0.05) is 38.1 Å². The lowest BCUT2D eigenvalue weighted by atomic mass is 9.91. The van der Waals surface area contributed by atoms with Crippen molar-refractivity contribution in [1.82, 2.24) is 15.5 Å². The van der Waals surface area contributed by atoms with Crippen molar-refractivity contribution in [2.24, 2.45) is 0 Å². The molecule has 0 aromatic heterocycles. The van der Waals surface area contributed by atoms with Crippen LogP contribution < -0.4 is 10.6 Å². The molecule has 0 aliphatic rings. The van der Waals surface area contributed by atoms with E-state index in [9.17, 15) is 150 Å². The van der Waals surface area contributed by atoms with E-state index in [2.05, 4.69) is 6.58 Å². The first kappa shape index (κ1) is 58.5. The highest BCUT2D eigenvalue weighted by molar-refractivity contribution is 7.94. The van der Waals surface area contributed by atoms with Crippen LogP contribution in [0.15, 0.2) is 12.0 Å². The molecule has 2 amide bonds. The molecule has 368 valence electrons. The molecule has 0 rings (SSSR count). The maximum atomic E-state index is 14.1. The Bertz CT molecular complexity index is 1630. The van der Waals surface area contributed by atoms with Crippen molar-refractivity contribution >= 4 is 21.7 Å². The van der Waals surface area contributed by atoms with Crippen molar-refractivity contribution < 1.29 is 150 Å². The van der Waals surface area contributed by atoms with Crippen LogP contribution in [0.25, 0.3) is 0 Å². The normalized spacial score (nSPS) is 15.8. The second-order valence-corrected chi connectivity index (χ2v) is 13.8. The van der Waals surface area contributed by atoms with Crippen molar-refractivity contribution in [3.05, 3.63) is 12.0 Å². The van der Waals surface area contributed by atoms with Crippen LogP contribution in [0.1, 0.15) is 0 Å². The lowest BCUT2D eigenvalue weighted by Crippen LogP contribution is -2.74. The first-order valence-corrected chi connectivity index (χ1v) is 16.2. The summed E-state index contributed by atoms with van der Waals surface area (Å²) in [4.78, 5) is 23.3. The SMILES string of the molecule is C=CS(=O)(=O)CCN(CCNC(=O)C(F)(F)C(F)(F)C(F)(F)C(F)(F)C(F)(F)C(F)(F)C(F)(F)F)CCNC(=O)C(F)(F)C(F)(F)C(F)(F)C(F)(F)C(F)(F)C(F)(F)C(F)(F)F. The Kier molecular flexibility index (Phi) is 15.9. The van der Waals surface area contributed by atoms with Gasteiger partial charge in [-0.2, -0.15) is 132 Å². The zero-order chi connectivity index (χ0) is 50.6. The van der Waals surface area contributed by atoms with E-state index in [4.69, 9.17) is 0 Å². The summed E-state index contributed by atoms with van der Waals surface area (Å²) in [6.45, 7) is -5.88. The summed E-state index contributed by atoms with van der Waals surface area (Å²) in [5.74, 6) is -111. The van der Waals surface area contributed by atoms with E-state index < -0.39 is 144 Å². The van der Waals surface area contributed by atoms with E-state index in [1.807, 2.05) is 0 Å². The predicted molar refractivity (Wildman–Crippen MR) is 138 cm³/mol. The average molecular weight is 1010 g/mol. The number of hydrogen-bond donors (Lipinski definition) is 2. The fourth-order valence-corrected chi connectivity index (χ4v) is 4.45. The van der Waals surface area contributed by atoms with Crippen LogP contribution >= 0.6 is 0 Å². The quantitative estimate of drug-likeness (QED) is 0.108. The van der Waals surface area contributed by atoms with Gasteiger partial charge in [0.25, 0.3) is 11.8 Å². The van der Waals surface area contributed by atoms with Crippen LogP contribution in [0.3, 0.4) is 0 Å². The van der Waals surface area contributed by atoms with Gasteiger partial charge in [0.05, 0.1) is 5.75 Å². The number of carbonyl (C=O) groups is 2. The molecule has 0 radical (unpaired) electrons. The third kappa shape index (κ3) is 9.20. The summed E-state index contributed by atoms with van der Waals surface area (Å²) in [7, 11) is -4.58. The lowest BCUT2D eigenvalue weighted by molar-refractivity contribution is -0.449. The summed E-state index contributed by atoms with van der Waals surface area (Å²) in [5, 5.41) is 0.797. The molecule has 0 spiro atoms. The van der Waals surface area contributed by atoms with Gasteiger partial charge in [-0.3, -0.25) is 14.5 Å². The molecule has 0 aromatic carbocycles. The highest BCUT2D eigenvalue weighted by Crippen LogP contribution is 2.64. The molecule has 0 saturated heterocycles. The van der Waals surface area contributed by atoms with E-state index in [0.717, 1.165) is 0 Å². The first-order valence-electron chi connectivity index (χ1n) is 14.5. The van der Waals surface area contributed by atoms with Crippen molar-refractivity contribution in [3.8, 4) is 0 Å². The van der Waals surface area contributed by atoms with E-state index in [-0.39, 0.29) is 10.3 Å². The van der Waals surface area contributed by atoms with Gasteiger partial charge in [-0.1, -0.05) is 6.58 Å². The Morgan fingerprint density at radius 3 is 0.855 bits per heavy atom. The number of carbonyl (C=O) groups excluding carboxylic acids is 2. The molecular weight excluding hydrogens is 996 g/mol. The van der Waals surface area contributed by atoms with E-state index in [0.29, 0.717) is 10.6 Å². The summed E-state index contributed by atoms with van der Waals surface area (Å²) >= 11 is 0. The van der Waals surface area contributed by atoms with Crippen molar-refractivity contribution in [3.63, 3.8) is 0 Å². The van der Waals surface area contributed by atoms with E-state index >= 15 is 0 Å². The standard InChI is InChI=1S/C24H17F30N3O4S/c1-2-62(60,61)8-7-57(5-3-55-9(58)11(25,26)13(29,30)15(33,34)17(37,38)19(41,42)21(45,46)23(49,50)51)6-4-56-10(59)12(27,28)14(31,32)16(35,36)18(39,40)20(43,44)22(47,48)24(52,53)54/h2H,1,3-8H2,(H,55,58)(H,56,59). The molecule has 0 atom stereocenters. The molecule has 38 heteroatoms. The van der Waals surface area contributed by atoms with Gasteiger partial charge in [0.15, 0.2) is 9.84 Å². The third-order valence-electron chi connectivity index (χ3n) is 7.60. The lowest BCUT2D eigenvalue weighted by Gasteiger charge is -2.41. The fraction of sp³-hybridized carbons (Fsp3) is 0.833. The van der Waals surface area contributed by atoms with E-state index in [1.54, 1.807) is 0 Å². The average Bonchev–Trinajstić information content (AvgIpc) is 3.08. The highest BCUT2D eigenvalue weighted by Gasteiger charge is 2.95. The molecule has 2 N–H and O–H groups in total. The van der Waals surface area contributed by atoms with Crippen molar-refractivity contribution in [2.75, 3.05) is 38.5 Å². The molecule has 0 heterocycles. The largest absolute Gasteiger partial charge is 0.460 e. The van der Waals surface area contributed by atoms with Crippen LogP contribution in [0.5, 0.6) is 0 Å². The Morgan fingerprint density at radius 1 is 0.403 bits per heavy atom. The van der Waals surface area contributed by atoms with E-state index in [1.165, 1.54) is 0 Å². The van der Waals surface area contributed by atoms with Gasteiger partial charge in [-0.15, -0.1) is 0 Å². The predicted octanol–water partition coefficient (Wildman–Crippen LogP) is 7.83. The summed E-state index contributed by atoms with van der Waals surface area (Å²) < 4.78 is 424. The molecule has 0 saturated carbocycles. The fourth-order valence-electron chi connectivity index (χ4n) is 3.77. The van der Waals surface area contributed by atoms with Gasteiger partial charge in [-0.25, -0.2) is 8.42 Å². The third-order valence-corrected chi connectivity index (χ3v) is 8.86. The van der Waals surface area contributed by atoms with Crippen LogP contribution in [-0.4, -0.2) is 147 Å². The second-order valence-electron chi connectivity index (χ2n) is 11.8. The summed E-state index contributed by atoms with van der Waals surface area (Å²) in [6.07, 6.45) is -16.0. The number of amides is 2. The maximum Gasteiger partial charge on any atom is 0.460 e. The van der Waals surface area contributed by atoms with Crippen molar-refractivity contribution in [1.29, 1.82) is 0 Å². The first-order chi connectivity index (χ1) is 26.7. The molecule has 0 unspecified atom stereocenters. The molecule has 62 heavy (non-hydrogen) atoms. The number of rotatable bonds is 22. The highest BCUT2D eigenvalue weighted by atomic mass is 32.2. The van der Waals surface area contributed by atoms with Crippen LogP contribution in [0, 0.1) is 0 Å².